The van der Waals surface area contributed by atoms with Crippen molar-refractivity contribution in [1.82, 2.24) is 4.90 Å². The Morgan fingerprint density at radius 3 is 2.37 bits per heavy atom. The number of aliphatic imine (C=N–C) groups is 1. The van der Waals surface area contributed by atoms with E-state index in [9.17, 15) is 0 Å². The quantitative estimate of drug-likeness (QED) is 0.906. The summed E-state index contributed by atoms with van der Waals surface area (Å²) in [5, 5.41) is 0. The van der Waals surface area contributed by atoms with Gasteiger partial charge in [-0.1, -0.05) is 31.5 Å². The fraction of sp³-hybridized carbons (Fsp3) is 0.562. The number of hydrogen-bond acceptors (Lipinski definition) is 3. The summed E-state index contributed by atoms with van der Waals surface area (Å²) >= 11 is 0. The van der Waals surface area contributed by atoms with Crippen LogP contribution in [0.25, 0.3) is 0 Å². The molecule has 0 saturated carbocycles. The van der Waals surface area contributed by atoms with Crippen LogP contribution in [0.2, 0.25) is 0 Å². The van der Waals surface area contributed by atoms with Gasteiger partial charge in [-0.05, 0) is 43.4 Å². The largest absolute Gasteiger partial charge is 0.370 e. The Morgan fingerprint density at radius 2 is 1.84 bits per heavy atom. The second-order valence-electron chi connectivity index (χ2n) is 6.07. The van der Waals surface area contributed by atoms with Gasteiger partial charge in [0.25, 0.3) is 0 Å². The van der Waals surface area contributed by atoms with Crippen molar-refractivity contribution in [1.29, 1.82) is 0 Å². The fourth-order valence-corrected chi connectivity index (χ4v) is 3.11. The molecule has 1 aliphatic heterocycles. The molecule has 0 bridgehead atoms. The maximum Gasteiger partial charge on any atom is 0.191 e. The number of hydrogen-bond donors (Lipinski definition) is 1. The fourth-order valence-electron chi connectivity index (χ4n) is 3.11. The van der Waals surface area contributed by atoms with Gasteiger partial charge in [-0.2, -0.15) is 0 Å². The molecule has 3 nitrogen and oxygen atoms in total. The third kappa shape index (κ3) is 2.75. The van der Waals surface area contributed by atoms with Gasteiger partial charge in [-0.25, -0.2) is 0 Å². The van der Waals surface area contributed by atoms with Crippen LogP contribution < -0.4 is 5.73 Å². The average molecular weight is 259 g/mol. The molecule has 0 fully saturated rings. The highest BCUT2D eigenvalue weighted by Crippen LogP contribution is 2.31. The van der Waals surface area contributed by atoms with Crippen LogP contribution in [-0.2, 0) is 0 Å². The first-order chi connectivity index (χ1) is 8.90. The summed E-state index contributed by atoms with van der Waals surface area (Å²) in [4.78, 5) is 6.71. The Labute approximate surface area is 116 Å². The van der Waals surface area contributed by atoms with Crippen molar-refractivity contribution in [2.45, 2.75) is 40.7 Å². The molecule has 1 aromatic rings. The van der Waals surface area contributed by atoms with Crippen LogP contribution in [0.3, 0.4) is 0 Å². The van der Waals surface area contributed by atoms with Crippen molar-refractivity contribution in [3.05, 3.63) is 34.4 Å². The molecule has 1 aliphatic rings. The minimum Gasteiger partial charge on any atom is -0.370 e. The zero-order valence-electron chi connectivity index (χ0n) is 12.7. The summed E-state index contributed by atoms with van der Waals surface area (Å²) in [5.74, 6) is 1.28. The first-order valence-corrected chi connectivity index (χ1v) is 7.04. The topological polar surface area (TPSA) is 41.6 Å². The molecule has 19 heavy (non-hydrogen) atoms. The monoisotopic (exact) mass is 259 g/mol. The predicted octanol–water partition coefficient (Wildman–Crippen LogP) is 2.94. The Morgan fingerprint density at radius 1 is 1.26 bits per heavy atom. The van der Waals surface area contributed by atoms with Gasteiger partial charge in [0.05, 0.1) is 12.6 Å². The molecule has 0 spiro atoms. The molecule has 0 aliphatic carbocycles. The lowest BCUT2D eigenvalue weighted by molar-refractivity contribution is 0.308. The molecule has 0 saturated heterocycles. The van der Waals surface area contributed by atoms with E-state index < -0.39 is 0 Å². The number of nitrogens with zero attached hydrogens (tertiary/aromatic N) is 2. The number of rotatable bonds is 3. The Balaban J connectivity index is 2.36. The van der Waals surface area contributed by atoms with Gasteiger partial charge in [0.15, 0.2) is 5.96 Å². The summed E-state index contributed by atoms with van der Waals surface area (Å²) < 4.78 is 0. The van der Waals surface area contributed by atoms with E-state index in [0.717, 1.165) is 13.1 Å². The van der Waals surface area contributed by atoms with Gasteiger partial charge < -0.3 is 10.6 Å². The maximum absolute atomic E-state index is 6.06. The maximum atomic E-state index is 6.06. The molecule has 104 valence electrons. The third-order valence-corrected chi connectivity index (χ3v) is 3.73. The molecule has 1 aromatic carbocycles. The summed E-state index contributed by atoms with van der Waals surface area (Å²) in [6, 6.07) is 4.82. The first kappa shape index (κ1) is 13.9. The van der Waals surface area contributed by atoms with Crippen molar-refractivity contribution >= 4 is 5.96 Å². The number of guanidine groups is 1. The van der Waals surface area contributed by atoms with Gasteiger partial charge >= 0.3 is 0 Å². The highest BCUT2D eigenvalue weighted by molar-refractivity contribution is 5.80. The van der Waals surface area contributed by atoms with E-state index in [0.29, 0.717) is 17.9 Å². The van der Waals surface area contributed by atoms with Crippen LogP contribution in [-0.4, -0.2) is 23.9 Å². The van der Waals surface area contributed by atoms with E-state index in [2.05, 4.69) is 56.6 Å². The average Bonchev–Trinajstić information content (AvgIpc) is 2.59. The molecule has 3 heteroatoms. The van der Waals surface area contributed by atoms with Crippen molar-refractivity contribution in [3.63, 3.8) is 0 Å². The van der Waals surface area contributed by atoms with Crippen molar-refractivity contribution in [2.24, 2.45) is 16.6 Å². The van der Waals surface area contributed by atoms with Crippen LogP contribution >= 0.6 is 0 Å². The van der Waals surface area contributed by atoms with E-state index >= 15 is 0 Å². The summed E-state index contributed by atoms with van der Waals surface area (Å²) in [6.07, 6.45) is 0. The van der Waals surface area contributed by atoms with E-state index in [1.165, 1.54) is 22.3 Å². The SMILES string of the molecule is Cc1cc(C)c(C2CN=C(N)N2CC(C)C)c(C)c1. The van der Waals surface area contributed by atoms with Crippen molar-refractivity contribution in [3.8, 4) is 0 Å². The van der Waals surface area contributed by atoms with Gasteiger partial charge in [-0.15, -0.1) is 0 Å². The van der Waals surface area contributed by atoms with E-state index in [1.807, 2.05) is 0 Å². The van der Waals surface area contributed by atoms with Gasteiger partial charge in [-0.3, -0.25) is 4.99 Å². The van der Waals surface area contributed by atoms with Crippen LogP contribution in [0, 0.1) is 26.7 Å². The van der Waals surface area contributed by atoms with Crippen molar-refractivity contribution in [2.75, 3.05) is 13.1 Å². The third-order valence-electron chi connectivity index (χ3n) is 3.73. The molecular formula is C16H25N3. The summed E-state index contributed by atoms with van der Waals surface area (Å²) in [6.45, 7) is 12.7. The van der Waals surface area contributed by atoms with Crippen LogP contribution in [0.4, 0.5) is 0 Å². The van der Waals surface area contributed by atoms with E-state index in [-0.39, 0.29) is 0 Å². The molecule has 1 unspecified atom stereocenters. The molecule has 1 heterocycles. The summed E-state index contributed by atoms with van der Waals surface area (Å²) in [7, 11) is 0. The van der Waals surface area contributed by atoms with E-state index in [1.54, 1.807) is 0 Å². The molecule has 2 N–H and O–H groups in total. The minimum absolute atomic E-state index is 0.308. The van der Waals surface area contributed by atoms with Crippen LogP contribution in [0.1, 0.15) is 42.1 Å². The van der Waals surface area contributed by atoms with Gasteiger partial charge in [0.1, 0.15) is 0 Å². The predicted molar refractivity (Wildman–Crippen MR) is 81.4 cm³/mol. The minimum atomic E-state index is 0.308. The molecule has 0 aromatic heterocycles. The lowest BCUT2D eigenvalue weighted by Gasteiger charge is -2.30. The zero-order chi connectivity index (χ0) is 14.2. The number of benzene rings is 1. The van der Waals surface area contributed by atoms with Crippen LogP contribution in [0.15, 0.2) is 17.1 Å². The Bertz CT molecular complexity index is 480. The Kier molecular flexibility index (Phi) is 3.83. The normalized spacial score (nSPS) is 19.2. The standard InChI is InChI=1S/C16H25N3/c1-10(2)9-19-14(8-18-16(19)17)15-12(4)6-11(3)7-13(15)5/h6-7,10,14H,8-9H2,1-5H3,(H2,17,18). The Hall–Kier alpha value is -1.51. The molecular weight excluding hydrogens is 234 g/mol. The molecule has 2 rings (SSSR count). The second kappa shape index (κ2) is 5.24. The lowest BCUT2D eigenvalue weighted by Crippen LogP contribution is -2.39. The summed E-state index contributed by atoms with van der Waals surface area (Å²) in [5.41, 5.74) is 11.5. The van der Waals surface area contributed by atoms with Crippen molar-refractivity contribution < 1.29 is 0 Å². The van der Waals surface area contributed by atoms with Crippen LogP contribution in [0.5, 0.6) is 0 Å². The smallest absolute Gasteiger partial charge is 0.191 e. The van der Waals surface area contributed by atoms with Gasteiger partial charge in [0, 0.05) is 6.54 Å². The number of nitrogens with two attached hydrogens (primary N) is 1. The van der Waals surface area contributed by atoms with Gasteiger partial charge in [0.2, 0.25) is 0 Å². The second-order valence-corrected chi connectivity index (χ2v) is 6.07. The van der Waals surface area contributed by atoms with E-state index in [4.69, 9.17) is 5.73 Å². The molecule has 0 amide bonds. The first-order valence-electron chi connectivity index (χ1n) is 7.04. The molecule has 1 atom stereocenters. The lowest BCUT2D eigenvalue weighted by atomic mass is 9.93. The molecule has 0 radical (unpaired) electrons. The number of aryl methyl sites for hydroxylation is 3. The highest BCUT2D eigenvalue weighted by atomic mass is 15.3. The highest BCUT2D eigenvalue weighted by Gasteiger charge is 2.29. The zero-order valence-corrected chi connectivity index (χ0v) is 12.7.